The van der Waals surface area contributed by atoms with Crippen LogP contribution in [-0.2, 0) is 4.74 Å². The van der Waals surface area contributed by atoms with Crippen molar-refractivity contribution in [2.45, 2.75) is 6.92 Å². The fourth-order valence-corrected chi connectivity index (χ4v) is 0.990. The second kappa shape index (κ2) is 4.09. The number of nitrogens with zero attached hydrogens (tertiary/aromatic N) is 1. The molecule has 1 heterocycles. The topological polar surface area (TPSA) is 65.2 Å². The number of carbonyl (C=O) groups excluding carboxylic acids is 1. The standard InChI is InChI=1S/C8H9ClN2O2/c1-2-13-8(12)5-4-11-7(9)3-6(5)10/h3-4H,2H2,1H3,(H2,10,11). The minimum atomic E-state index is -0.482. The van der Waals surface area contributed by atoms with E-state index in [1.807, 2.05) is 0 Å². The number of esters is 1. The van der Waals surface area contributed by atoms with Gasteiger partial charge in [-0.15, -0.1) is 0 Å². The SMILES string of the molecule is CCOC(=O)c1cnc(Cl)cc1N. The van der Waals surface area contributed by atoms with Crippen LogP contribution < -0.4 is 5.73 Å². The fraction of sp³-hybridized carbons (Fsp3) is 0.250. The lowest BCUT2D eigenvalue weighted by Crippen LogP contribution is -2.08. The van der Waals surface area contributed by atoms with Gasteiger partial charge in [-0.3, -0.25) is 0 Å². The zero-order chi connectivity index (χ0) is 9.84. The van der Waals surface area contributed by atoms with Gasteiger partial charge in [0.25, 0.3) is 0 Å². The molecular formula is C8H9ClN2O2. The van der Waals surface area contributed by atoms with E-state index in [9.17, 15) is 4.79 Å². The van der Waals surface area contributed by atoms with Crippen LogP contribution in [0.3, 0.4) is 0 Å². The highest BCUT2D eigenvalue weighted by Gasteiger charge is 2.10. The van der Waals surface area contributed by atoms with E-state index in [1.54, 1.807) is 6.92 Å². The molecule has 2 N–H and O–H groups in total. The van der Waals surface area contributed by atoms with Gasteiger partial charge in [-0.25, -0.2) is 9.78 Å². The molecule has 0 aliphatic heterocycles. The van der Waals surface area contributed by atoms with Crippen LogP contribution in [0.15, 0.2) is 12.3 Å². The maximum absolute atomic E-state index is 11.2. The van der Waals surface area contributed by atoms with Crippen molar-refractivity contribution in [3.05, 3.63) is 23.0 Å². The number of ether oxygens (including phenoxy) is 1. The Morgan fingerprint density at radius 3 is 3.00 bits per heavy atom. The van der Waals surface area contributed by atoms with Crippen molar-refractivity contribution in [1.82, 2.24) is 4.98 Å². The van der Waals surface area contributed by atoms with Gasteiger partial charge >= 0.3 is 5.97 Å². The Kier molecular flexibility index (Phi) is 3.08. The molecule has 0 saturated heterocycles. The van der Waals surface area contributed by atoms with Crippen molar-refractivity contribution in [3.63, 3.8) is 0 Å². The first-order valence-electron chi connectivity index (χ1n) is 3.73. The molecule has 1 aromatic heterocycles. The summed E-state index contributed by atoms with van der Waals surface area (Å²) >= 11 is 5.56. The molecule has 0 bridgehead atoms. The zero-order valence-electron chi connectivity index (χ0n) is 7.08. The molecule has 0 atom stereocenters. The number of rotatable bonds is 2. The summed E-state index contributed by atoms with van der Waals surface area (Å²) in [7, 11) is 0. The molecule has 13 heavy (non-hydrogen) atoms. The predicted molar refractivity (Wildman–Crippen MR) is 49.6 cm³/mol. The van der Waals surface area contributed by atoms with Crippen molar-refractivity contribution in [2.75, 3.05) is 12.3 Å². The number of hydrogen-bond donors (Lipinski definition) is 1. The maximum Gasteiger partial charge on any atom is 0.341 e. The highest BCUT2D eigenvalue weighted by molar-refractivity contribution is 6.29. The average Bonchev–Trinajstić information content (AvgIpc) is 2.04. The van der Waals surface area contributed by atoms with Crippen LogP contribution >= 0.6 is 11.6 Å². The highest BCUT2D eigenvalue weighted by Crippen LogP contribution is 2.15. The Balaban J connectivity index is 2.95. The number of carbonyl (C=O) groups is 1. The van der Waals surface area contributed by atoms with Gasteiger partial charge in [0, 0.05) is 6.20 Å². The second-order valence-corrected chi connectivity index (χ2v) is 2.70. The Morgan fingerprint density at radius 1 is 1.77 bits per heavy atom. The van der Waals surface area contributed by atoms with E-state index in [2.05, 4.69) is 4.98 Å². The van der Waals surface area contributed by atoms with Crippen LogP contribution in [0.5, 0.6) is 0 Å². The summed E-state index contributed by atoms with van der Waals surface area (Å²) < 4.78 is 4.75. The number of anilines is 1. The third kappa shape index (κ3) is 2.32. The Morgan fingerprint density at radius 2 is 2.46 bits per heavy atom. The van der Waals surface area contributed by atoms with Crippen molar-refractivity contribution in [2.24, 2.45) is 0 Å². The average molecular weight is 201 g/mol. The van der Waals surface area contributed by atoms with Gasteiger partial charge in [0.15, 0.2) is 0 Å². The Hall–Kier alpha value is -1.29. The molecule has 0 saturated carbocycles. The first-order valence-corrected chi connectivity index (χ1v) is 4.11. The lowest BCUT2D eigenvalue weighted by molar-refractivity contribution is 0.0527. The third-order valence-electron chi connectivity index (χ3n) is 1.40. The molecule has 0 aromatic carbocycles. The summed E-state index contributed by atoms with van der Waals surface area (Å²) in [6, 6.07) is 1.41. The molecule has 0 spiro atoms. The molecule has 5 heteroatoms. The Bertz CT molecular complexity index is 328. The maximum atomic E-state index is 11.2. The van der Waals surface area contributed by atoms with Crippen molar-refractivity contribution < 1.29 is 9.53 Å². The van der Waals surface area contributed by atoms with Gasteiger partial charge in [0.05, 0.1) is 12.3 Å². The van der Waals surface area contributed by atoms with Crippen molar-refractivity contribution >= 4 is 23.3 Å². The number of aromatic nitrogens is 1. The minimum Gasteiger partial charge on any atom is -0.462 e. The summed E-state index contributed by atoms with van der Waals surface area (Å²) in [5.41, 5.74) is 6.05. The van der Waals surface area contributed by atoms with Gasteiger partial charge in [-0.05, 0) is 13.0 Å². The van der Waals surface area contributed by atoms with Gasteiger partial charge in [0.2, 0.25) is 0 Å². The van der Waals surface area contributed by atoms with Gasteiger partial charge in [0.1, 0.15) is 10.7 Å². The first kappa shape index (κ1) is 9.80. The van der Waals surface area contributed by atoms with Crippen LogP contribution in [0.4, 0.5) is 5.69 Å². The third-order valence-corrected chi connectivity index (χ3v) is 1.60. The van der Waals surface area contributed by atoms with Gasteiger partial charge < -0.3 is 10.5 Å². The summed E-state index contributed by atoms with van der Waals surface area (Å²) in [4.78, 5) is 14.9. The molecular weight excluding hydrogens is 192 g/mol. The van der Waals surface area contributed by atoms with E-state index in [4.69, 9.17) is 22.1 Å². The summed E-state index contributed by atoms with van der Waals surface area (Å²) in [6.07, 6.45) is 1.30. The summed E-state index contributed by atoms with van der Waals surface area (Å²) in [5.74, 6) is -0.482. The molecule has 70 valence electrons. The quantitative estimate of drug-likeness (QED) is 0.580. The molecule has 1 rings (SSSR count). The normalized spacial score (nSPS) is 9.69. The smallest absolute Gasteiger partial charge is 0.341 e. The summed E-state index contributed by atoms with van der Waals surface area (Å²) in [5, 5.41) is 0.255. The first-order chi connectivity index (χ1) is 6.15. The number of hydrogen-bond acceptors (Lipinski definition) is 4. The molecule has 0 aliphatic rings. The van der Waals surface area contributed by atoms with E-state index in [0.717, 1.165) is 0 Å². The fourth-order valence-electron chi connectivity index (χ4n) is 0.823. The zero-order valence-corrected chi connectivity index (χ0v) is 7.84. The molecule has 1 aromatic rings. The number of nitrogens with two attached hydrogens (primary N) is 1. The van der Waals surface area contributed by atoms with Crippen LogP contribution in [0, 0.1) is 0 Å². The van der Waals surface area contributed by atoms with Crippen molar-refractivity contribution in [3.8, 4) is 0 Å². The molecule has 0 aliphatic carbocycles. The molecule has 0 radical (unpaired) electrons. The van der Waals surface area contributed by atoms with Crippen molar-refractivity contribution in [1.29, 1.82) is 0 Å². The van der Waals surface area contributed by atoms with Crippen LogP contribution in [0.2, 0.25) is 5.15 Å². The van der Waals surface area contributed by atoms with Gasteiger partial charge in [-0.1, -0.05) is 11.6 Å². The van der Waals surface area contributed by atoms with Crippen LogP contribution in [0.25, 0.3) is 0 Å². The number of nitrogen functional groups attached to an aromatic ring is 1. The van der Waals surface area contributed by atoms with E-state index in [1.165, 1.54) is 12.3 Å². The predicted octanol–water partition coefficient (Wildman–Crippen LogP) is 1.49. The van der Waals surface area contributed by atoms with E-state index >= 15 is 0 Å². The molecule has 0 amide bonds. The van der Waals surface area contributed by atoms with Crippen LogP contribution in [0.1, 0.15) is 17.3 Å². The largest absolute Gasteiger partial charge is 0.462 e. The number of pyridine rings is 1. The highest BCUT2D eigenvalue weighted by atomic mass is 35.5. The second-order valence-electron chi connectivity index (χ2n) is 2.31. The monoisotopic (exact) mass is 200 g/mol. The van der Waals surface area contributed by atoms with Crippen LogP contribution in [-0.4, -0.2) is 17.6 Å². The molecule has 4 nitrogen and oxygen atoms in total. The van der Waals surface area contributed by atoms with E-state index in [-0.39, 0.29) is 16.4 Å². The lowest BCUT2D eigenvalue weighted by atomic mass is 10.2. The lowest BCUT2D eigenvalue weighted by Gasteiger charge is -2.03. The molecule has 0 fully saturated rings. The molecule has 0 unspecified atom stereocenters. The van der Waals surface area contributed by atoms with E-state index < -0.39 is 5.97 Å². The summed E-state index contributed by atoms with van der Waals surface area (Å²) in [6.45, 7) is 2.03. The Labute approximate surface area is 80.7 Å². The van der Waals surface area contributed by atoms with Gasteiger partial charge in [-0.2, -0.15) is 0 Å². The number of halogens is 1. The van der Waals surface area contributed by atoms with E-state index in [0.29, 0.717) is 6.61 Å². The minimum absolute atomic E-state index is 0.242.